The fourth-order valence-electron chi connectivity index (χ4n) is 2.54. The standard InChI is InChI=1S/C13H16N6O6/c1-24-13-11(16-17-14)5-3-9(25-13)7-15-10-4-2-8(18(20)21)6-12(10)19(22)23/h2,4,6,9,11,13,15H,3,5,7H2,1H3/t9-,11-,13+/m0/s1. The van der Waals surface area contributed by atoms with Crippen LogP contribution in [0.2, 0.25) is 0 Å². The number of nitro benzene ring substituents is 2. The number of benzene rings is 1. The van der Waals surface area contributed by atoms with Crippen molar-refractivity contribution in [1.29, 1.82) is 0 Å². The lowest BCUT2D eigenvalue weighted by atomic mass is 10.0. The highest BCUT2D eigenvalue weighted by atomic mass is 16.7. The van der Waals surface area contributed by atoms with Gasteiger partial charge in [0.05, 0.1) is 28.1 Å². The first-order valence-electron chi connectivity index (χ1n) is 7.35. The van der Waals surface area contributed by atoms with E-state index in [1.165, 1.54) is 19.2 Å². The molecule has 25 heavy (non-hydrogen) atoms. The van der Waals surface area contributed by atoms with E-state index in [4.69, 9.17) is 15.0 Å². The predicted octanol–water partition coefficient (Wildman–Crippen LogP) is 2.75. The van der Waals surface area contributed by atoms with Crippen molar-refractivity contribution in [3.63, 3.8) is 0 Å². The Hall–Kier alpha value is -2.95. The fourth-order valence-corrected chi connectivity index (χ4v) is 2.54. The minimum absolute atomic E-state index is 0.158. The Morgan fingerprint density at radius 3 is 2.76 bits per heavy atom. The molecule has 1 N–H and O–H groups in total. The molecule has 0 saturated carbocycles. The summed E-state index contributed by atoms with van der Waals surface area (Å²) in [7, 11) is 1.43. The number of nitro groups is 2. The molecular weight excluding hydrogens is 336 g/mol. The average Bonchev–Trinajstić information content (AvgIpc) is 2.60. The molecule has 0 aliphatic carbocycles. The van der Waals surface area contributed by atoms with Crippen LogP contribution in [0.25, 0.3) is 10.4 Å². The van der Waals surface area contributed by atoms with Crippen LogP contribution >= 0.6 is 0 Å². The highest BCUT2D eigenvalue weighted by Crippen LogP contribution is 2.30. The first-order valence-corrected chi connectivity index (χ1v) is 7.35. The van der Waals surface area contributed by atoms with E-state index < -0.39 is 22.2 Å². The summed E-state index contributed by atoms with van der Waals surface area (Å²) in [5.41, 5.74) is 7.93. The molecule has 1 heterocycles. The number of hydrogen-bond acceptors (Lipinski definition) is 8. The van der Waals surface area contributed by atoms with E-state index in [-0.39, 0.29) is 29.7 Å². The molecule has 1 aromatic rings. The van der Waals surface area contributed by atoms with Crippen molar-refractivity contribution in [2.75, 3.05) is 19.0 Å². The van der Waals surface area contributed by atoms with Gasteiger partial charge in [-0.3, -0.25) is 20.2 Å². The van der Waals surface area contributed by atoms with Crippen LogP contribution in [0.15, 0.2) is 23.3 Å². The molecule has 1 aliphatic heterocycles. The lowest BCUT2D eigenvalue weighted by Crippen LogP contribution is -2.41. The average molecular weight is 352 g/mol. The molecule has 0 bridgehead atoms. The van der Waals surface area contributed by atoms with E-state index in [0.717, 1.165) is 6.07 Å². The smallest absolute Gasteiger partial charge is 0.299 e. The Kier molecular flexibility index (Phi) is 6.06. The monoisotopic (exact) mass is 352 g/mol. The number of hydrogen-bond donors (Lipinski definition) is 1. The van der Waals surface area contributed by atoms with E-state index in [9.17, 15) is 20.2 Å². The topological polar surface area (TPSA) is 166 Å². The molecular formula is C13H16N6O6. The first-order chi connectivity index (χ1) is 12.0. The third-order valence-corrected chi connectivity index (χ3v) is 3.77. The number of nitrogens with one attached hydrogen (secondary N) is 1. The predicted molar refractivity (Wildman–Crippen MR) is 86.1 cm³/mol. The summed E-state index contributed by atoms with van der Waals surface area (Å²) in [6, 6.07) is 2.95. The van der Waals surface area contributed by atoms with E-state index in [2.05, 4.69) is 15.3 Å². The Bertz CT molecular complexity index is 706. The zero-order valence-electron chi connectivity index (χ0n) is 13.3. The molecule has 1 fully saturated rings. The van der Waals surface area contributed by atoms with Crippen LogP contribution < -0.4 is 5.32 Å². The molecule has 1 aliphatic rings. The first kappa shape index (κ1) is 18.4. The Morgan fingerprint density at radius 2 is 2.16 bits per heavy atom. The molecule has 12 nitrogen and oxygen atoms in total. The van der Waals surface area contributed by atoms with Crippen molar-refractivity contribution in [3.05, 3.63) is 48.9 Å². The molecule has 1 saturated heterocycles. The van der Waals surface area contributed by atoms with Gasteiger partial charge in [0, 0.05) is 24.6 Å². The van der Waals surface area contributed by atoms with Crippen molar-refractivity contribution in [1.82, 2.24) is 0 Å². The molecule has 0 amide bonds. The van der Waals surface area contributed by atoms with E-state index in [1.54, 1.807) is 0 Å². The fraction of sp³-hybridized carbons (Fsp3) is 0.538. The number of rotatable bonds is 7. The summed E-state index contributed by atoms with van der Waals surface area (Å²) in [6.45, 7) is 0.238. The lowest BCUT2D eigenvalue weighted by molar-refractivity contribution is -0.393. The van der Waals surface area contributed by atoms with Gasteiger partial charge >= 0.3 is 0 Å². The highest BCUT2D eigenvalue weighted by molar-refractivity contribution is 5.65. The molecule has 2 rings (SSSR count). The zero-order valence-corrected chi connectivity index (χ0v) is 13.3. The van der Waals surface area contributed by atoms with Gasteiger partial charge in [-0.05, 0) is 24.4 Å². The summed E-state index contributed by atoms with van der Waals surface area (Å²) in [4.78, 5) is 23.2. The molecule has 12 heteroatoms. The quantitative estimate of drug-likeness (QED) is 0.259. The molecule has 0 spiro atoms. The molecule has 1 aromatic carbocycles. The van der Waals surface area contributed by atoms with E-state index in [1.807, 2.05) is 0 Å². The van der Waals surface area contributed by atoms with Crippen LogP contribution in [-0.4, -0.2) is 41.9 Å². The summed E-state index contributed by atoms with van der Waals surface area (Å²) in [6.07, 6.45) is 0.113. The minimum Gasteiger partial charge on any atom is -0.377 e. The van der Waals surface area contributed by atoms with Gasteiger partial charge < -0.3 is 14.8 Å². The lowest BCUT2D eigenvalue weighted by Gasteiger charge is -2.33. The Labute approximate surface area is 141 Å². The molecule has 0 aromatic heterocycles. The number of non-ortho nitro benzene ring substituents is 1. The molecule has 134 valence electrons. The van der Waals surface area contributed by atoms with Gasteiger partial charge in [-0.25, -0.2) is 0 Å². The second kappa shape index (κ2) is 8.24. The molecule has 0 unspecified atom stereocenters. The van der Waals surface area contributed by atoms with Gasteiger partial charge in [0.25, 0.3) is 11.4 Å². The maximum absolute atomic E-state index is 11.1. The summed E-state index contributed by atoms with van der Waals surface area (Å²) >= 11 is 0. The second-order valence-electron chi connectivity index (χ2n) is 5.31. The minimum atomic E-state index is -0.694. The third-order valence-electron chi connectivity index (χ3n) is 3.77. The summed E-state index contributed by atoms with van der Waals surface area (Å²) in [5.74, 6) is 0. The third kappa shape index (κ3) is 4.53. The number of ether oxygens (including phenoxy) is 2. The SMILES string of the molecule is CO[C@@H]1O[C@H](CNc2ccc([N+](=O)[O-])cc2[N+](=O)[O-])CC[C@@H]1N=[N+]=[N-]. The van der Waals surface area contributed by atoms with Crippen molar-refractivity contribution >= 4 is 17.1 Å². The van der Waals surface area contributed by atoms with Crippen LogP contribution in [0.3, 0.4) is 0 Å². The summed E-state index contributed by atoms with van der Waals surface area (Å²) in [5, 5.41) is 28.3. The van der Waals surface area contributed by atoms with Crippen molar-refractivity contribution in [2.45, 2.75) is 31.3 Å². The highest BCUT2D eigenvalue weighted by Gasteiger charge is 2.31. The Balaban J connectivity index is 2.05. The van der Waals surface area contributed by atoms with Crippen LogP contribution in [0.1, 0.15) is 12.8 Å². The second-order valence-corrected chi connectivity index (χ2v) is 5.31. The number of nitrogens with zero attached hydrogens (tertiary/aromatic N) is 5. The number of anilines is 1. The molecule has 3 atom stereocenters. The maximum Gasteiger partial charge on any atom is 0.299 e. The Morgan fingerprint density at radius 1 is 1.40 bits per heavy atom. The normalized spacial score (nSPS) is 22.7. The van der Waals surface area contributed by atoms with Crippen molar-refractivity contribution < 1.29 is 19.3 Å². The van der Waals surface area contributed by atoms with Crippen molar-refractivity contribution in [2.24, 2.45) is 5.11 Å². The van der Waals surface area contributed by atoms with Gasteiger partial charge in [0.1, 0.15) is 5.69 Å². The van der Waals surface area contributed by atoms with E-state index in [0.29, 0.717) is 12.8 Å². The van der Waals surface area contributed by atoms with Crippen LogP contribution in [-0.2, 0) is 9.47 Å². The van der Waals surface area contributed by atoms with Gasteiger partial charge in [0.2, 0.25) is 0 Å². The van der Waals surface area contributed by atoms with Crippen LogP contribution in [0.5, 0.6) is 0 Å². The van der Waals surface area contributed by atoms with E-state index >= 15 is 0 Å². The number of methoxy groups -OCH3 is 1. The van der Waals surface area contributed by atoms with Crippen molar-refractivity contribution in [3.8, 4) is 0 Å². The number of azide groups is 1. The van der Waals surface area contributed by atoms with Gasteiger partial charge in [-0.1, -0.05) is 5.11 Å². The van der Waals surface area contributed by atoms with Gasteiger partial charge in [0.15, 0.2) is 6.29 Å². The molecule has 0 radical (unpaired) electrons. The van der Waals surface area contributed by atoms with Gasteiger partial charge in [-0.2, -0.15) is 0 Å². The van der Waals surface area contributed by atoms with Crippen LogP contribution in [0, 0.1) is 20.2 Å². The maximum atomic E-state index is 11.1. The largest absolute Gasteiger partial charge is 0.377 e. The van der Waals surface area contributed by atoms with Crippen LogP contribution in [0.4, 0.5) is 17.1 Å². The zero-order chi connectivity index (χ0) is 18.4. The van der Waals surface area contributed by atoms with Gasteiger partial charge in [-0.15, -0.1) is 0 Å². The summed E-state index contributed by atoms with van der Waals surface area (Å²) < 4.78 is 10.8.